The average Bonchev–Trinajstić information content (AvgIpc) is 3.29. The van der Waals surface area contributed by atoms with Crippen LogP contribution in [-0.4, -0.2) is 46.4 Å². The first kappa shape index (κ1) is 18.3. The summed E-state index contributed by atoms with van der Waals surface area (Å²) in [6.07, 6.45) is 0.490. The van der Waals surface area contributed by atoms with Gasteiger partial charge in [-0.3, -0.25) is 4.79 Å². The Morgan fingerprint density at radius 3 is 2.93 bits per heavy atom. The van der Waals surface area contributed by atoms with E-state index in [1.54, 1.807) is 29.2 Å². The lowest BCUT2D eigenvalue weighted by Crippen LogP contribution is -2.28. The normalized spacial score (nSPS) is 19.3. The zero-order valence-corrected chi connectivity index (χ0v) is 14.9. The van der Waals surface area contributed by atoms with Crippen molar-refractivity contribution in [1.29, 1.82) is 0 Å². The molecule has 1 saturated heterocycles. The number of hydrogen-bond donors (Lipinski definition) is 1. The number of carbonyl (C=O) groups excluding carboxylic acids is 1. The van der Waals surface area contributed by atoms with E-state index in [-0.39, 0.29) is 37.1 Å². The quantitative estimate of drug-likeness (QED) is 0.729. The van der Waals surface area contributed by atoms with Crippen LogP contribution in [-0.2, 0) is 0 Å². The second kappa shape index (κ2) is 7.49. The van der Waals surface area contributed by atoms with E-state index in [1.807, 2.05) is 0 Å². The zero-order chi connectivity index (χ0) is 19.7. The number of alkyl halides is 2. The number of nitrogens with zero attached hydrogens (tertiary/aromatic N) is 4. The van der Waals surface area contributed by atoms with Gasteiger partial charge in [0.2, 0.25) is 0 Å². The third-order valence-electron chi connectivity index (χ3n) is 4.74. The summed E-state index contributed by atoms with van der Waals surface area (Å²) in [5.74, 6) is -0.440. The molecule has 0 saturated carbocycles. The van der Waals surface area contributed by atoms with Crippen molar-refractivity contribution < 1.29 is 18.0 Å². The van der Waals surface area contributed by atoms with Gasteiger partial charge in [-0.2, -0.15) is 0 Å². The fourth-order valence-corrected chi connectivity index (χ4v) is 3.49. The van der Waals surface area contributed by atoms with Crippen molar-refractivity contribution in [3.8, 4) is 0 Å². The smallest absolute Gasteiger partial charge is 0.271 e. The van der Waals surface area contributed by atoms with E-state index in [0.717, 1.165) is 0 Å². The number of aromatic nitrogens is 3. The number of fused-ring (bicyclic) bond motifs is 1. The van der Waals surface area contributed by atoms with Gasteiger partial charge in [-0.1, -0.05) is 12.1 Å². The Hall–Kier alpha value is -3.10. The molecule has 0 radical (unpaired) electrons. The first-order chi connectivity index (χ1) is 13.6. The average molecular weight is 389 g/mol. The molecule has 2 unspecified atom stereocenters. The number of nitrogens with one attached hydrogen (secondary N) is 1. The van der Waals surface area contributed by atoms with Crippen LogP contribution >= 0.6 is 0 Å². The zero-order valence-electron chi connectivity index (χ0n) is 14.9. The Balaban J connectivity index is 1.70. The molecule has 3 aromatic rings. The predicted molar refractivity (Wildman–Crippen MR) is 97.3 cm³/mol. The lowest BCUT2D eigenvalue weighted by molar-refractivity contribution is 0.0944. The van der Waals surface area contributed by atoms with Gasteiger partial charge in [-0.05, 0) is 29.8 Å². The van der Waals surface area contributed by atoms with Crippen LogP contribution in [0.4, 0.5) is 19.0 Å². The molecule has 0 bridgehead atoms. The highest BCUT2D eigenvalue weighted by atomic mass is 19.1. The Bertz CT molecular complexity index is 1010. The van der Waals surface area contributed by atoms with Gasteiger partial charge in [-0.25, -0.2) is 22.7 Å². The summed E-state index contributed by atoms with van der Waals surface area (Å²) < 4.78 is 41.5. The van der Waals surface area contributed by atoms with Gasteiger partial charge < -0.3 is 10.2 Å². The van der Waals surface area contributed by atoms with Crippen LogP contribution in [0, 0.1) is 5.82 Å². The fraction of sp³-hybridized carbons (Fsp3) is 0.316. The standard InChI is InChI=1S/C19H18F3N5O/c20-6-7-23-19(28)16-10-24-17-4-5-18(25-27(16)17)26-11-14(22)9-15(26)12-2-1-3-13(21)8-12/h1-5,8,10,14-15H,6-7,9,11H2,(H,23,28). The monoisotopic (exact) mass is 389 g/mol. The Morgan fingerprint density at radius 1 is 1.29 bits per heavy atom. The van der Waals surface area contributed by atoms with E-state index in [0.29, 0.717) is 17.0 Å². The summed E-state index contributed by atoms with van der Waals surface area (Å²) in [5.41, 5.74) is 1.25. The number of rotatable bonds is 5. The van der Waals surface area contributed by atoms with Crippen LogP contribution < -0.4 is 10.2 Å². The molecule has 1 aromatic carbocycles. The molecular formula is C19H18F3N5O. The number of carbonyl (C=O) groups is 1. The molecule has 2 aromatic heterocycles. The first-order valence-electron chi connectivity index (χ1n) is 8.92. The molecule has 1 fully saturated rings. The summed E-state index contributed by atoms with van der Waals surface area (Å²) in [7, 11) is 0. The summed E-state index contributed by atoms with van der Waals surface area (Å²) in [5, 5.41) is 6.88. The third-order valence-corrected chi connectivity index (χ3v) is 4.74. The van der Waals surface area contributed by atoms with E-state index in [9.17, 15) is 18.0 Å². The van der Waals surface area contributed by atoms with Crippen molar-refractivity contribution in [3.05, 3.63) is 59.7 Å². The second-order valence-corrected chi connectivity index (χ2v) is 6.61. The number of anilines is 1. The van der Waals surface area contributed by atoms with Crippen molar-refractivity contribution in [2.45, 2.75) is 18.6 Å². The number of benzene rings is 1. The van der Waals surface area contributed by atoms with Crippen molar-refractivity contribution >= 4 is 17.4 Å². The summed E-state index contributed by atoms with van der Waals surface area (Å²) in [6.45, 7) is -0.678. The first-order valence-corrected chi connectivity index (χ1v) is 8.92. The molecule has 0 aliphatic carbocycles. The van der Waals surface area contributed by atoms with Crippen LogP contribution in [0.5, 0.6) is 0 Å². The minimum Gasteiger partial charge on any atom is -0.348 e. The Kier molecular flexibility index (Phi) is 4.89. The highest BCUT2D eigenvalue weighted by Gasteiger charge is 2.34. The van der Waals surface area contributed by atoms with Crippen molar-refractivity contribution in [1.82, 2.24) is 19.9 Å². The molecule has 6 nitrogen and oxygen atoms in total. The molecule has 1 aliphatic heterocycles. The van der Waals surface area contributed by atoms with Gasteiger partial charge in [0.15, 0.2) is 11.3 Å². The lowest BCUT2D eigenvalue weighted by Gasteiger charge is -2.25. The third kappa shape index (κ3) is 3.39. The Labute approximate surface area is 159 Å². The minimum absolute atomic E-state index is 0.108. The molecule has 1 N–H and O–H groups in total. The fourth-order valence-electron chi connectivity index (χ4n) is 3.49. The molecule has 2 atom stereocenters. The molecule has 146 valence electrons. The summed E-state index contributed by atoms with van der Waals surface area (Å²) in [4.78, 5) is 18.1. The minimum atomic E-state index is -1.08. The number of amides is 1. The summed E-state index contributed by atoms with van der Waals surface area (Å²) >= 11 is 0. The predicted octanol–water partition coefficient (Wildman–Crippen LogP) is 2.86. The van der Waals surface area contributed by atoms with Gasteiger partial charge in [0, 0.05) is 13.0 Å². The van der Waals surface area contributed by atoms with Crippen molar-refractivity contribution in [3.63, 3.8) is 0 Å². The van der Waals surface area contributed by atoms with Crippen LogP contribution in [0.3, 0.4) is 0 Å². The summed E-state index contributed by atoms with van der Waals surface area (Å²) in [6, 6.07) is 9.06. The van der Waals surface area contributed by atoms with Crippen LogP contribution in [0.2, 0.25) is 0 Å². The van der Waals surface area contributed by atoms with E-state index in [4.69, 9.17) is 0 Å². The van der Waals surface area contributed by atoms with Crippen molar-refractivity contribution in [2.24, 2.45) is 0 Å². The second-order valence-electron chi connectivity index (χ2n) is 6.61. The molecule has 0 spiro atoms. The van der Waals surface area contributed by atoms with Gasteiger partial charge >= 0.3 is 0 Å². The maximum atomic E-state index is 14.2. The highest BCUT2D eigenvalue weighted by molar-refractivity contribution is 5.93. The van der Waals surface area contributed by atoms with E-state index >= 15 is 0 Å². The maximum absolute atomic E-state index is 14.2. The Morgan fingerprint density at radius 2 is 2.14 bits per heavy atom. The van der Waals surface area contributed by atoms with Gasteiger partial charge in [0.25, 0.3) is 5.91 Å². The van der Waals surface area contributed by atoms with Gasteiger partial charge in [0.05, 0.1) is 18.8 Å². The number of halogens is 3. The highest BCUT2D eigenvalue weighted by Crippen LogP contribution is 2.36. The lowest BCUT2D eigenvalue weighted by atomic mass is 10.0. The SMILES string of the molecule is O=C(NCCF)c1cnc2ccc(N3CC(F)CC3c3cccc(F)c3)nn12. The largest absolute Gasteiger partial charge is 0.348 e. The van der Waals surface area contributed by atoms with Crippen LogP contribution in [0.25, 0.3) is 5.65 Å². The molecule has 28 heavy (non-hydrogen) atoms. The van der Waals surface area contributed by atoms with E-state index < -0.39 is 18.8 Å². The van der Waals surface area contributed by atoms with Gasteiger partial charge in [0.1, 0.15) is 24.5 Å². The number of hydrogen-bond acceptors (Lipinski definition) is 4. The van der Waals surface area contributed by atoms with E-state index in [1.165, 1.54) is 22.8 Å². The molecule has 4 rings (SSSR count). The molecular weight excluding hydrogens is 371 g/mol. The van der Waals surface area contributed by atoms with Crippen LogP contribution in [0.1, 0.15) is 28.5 Å². The molecule has 1 aliphatic rings. The number of imidazole rings is 1. The van der Waals surface area contributed by atoms with Crippen LogP contribution in [0.15, 0.2) is 42.6 Å². The molecule has 1 amide bonds. The van der Waals surface area contributed by atoms with Crippen molar-refractivity contribution in [2.75, 3.05) is 24.7 Å². The van der Waals surface area contributed by atoms with Gasteiger partial charge in [-0.15, -0.1) is 5.10 Å². The topological polar surface area (TPSA) is 62.5 Å². The molecule has 9 heteroatoms. The molecule has 3 heterocycles. The maximum Gasteiger partial charge on any atom is 0.271 e. The van der Waals surface area contributed by atoms with E-state index in [2.05, 4.69) is 15.4 Å².